The van der Waals surface area contributed by atoms with E-state index in [1.165, 1.54) is 0 Å². The Hall–Kier alpha value is -0.0400. The fourth-order valence-corrected chi connectivity index (χ4v) is 0.558. The molecule has 0 aliphatic heterocycles. The minimum atomic E-state index is -0.470. The zero-order chi connectivity index (χ0) is 6.62. The van der Waals surface area contributed by atoms with Gasteiger partial charge in [0.05, 0.1) is 5.60 Å². The summed E-state index contributed by atoms with van der Waals surface area (Å²) in [5, 5.41) is 9.28. The Kier molecular flexibility index (Phi) is 3.06. The van der Waals surface area contributed by atoms with E-state index in [0.717, 1.165) is 19.3 Å². The maximum Gasteiger partial charge on any atom is 0.0617 e. The van der Waals surface area contributed by atoms with Gasteiger partial charge in [0, 0.05) is 0 Å². The minimum Gasteiger partial charge on any atom is -0.390 e. The third kappa shape index (κ3) is 3.03. The van der Waals surface area contributed by atoms with Crippen LogP contribution < -0.4 is 0 Å². The van der Waals surface area contributed by atoms with Crippen LogP contribution in [0.5, 0.6) is 0 Å². The highest BCUT2D eigenvalue weighted by Gasteiger charge is 2.14. The van der Waals surface area contributed by atoms with Crippen LogP contribution in [-0.2, 0) is 0 Å². The summed E-state index contributed by atoms with van der Waals surface area (Å²) in [6.45, 7) is 7.49. The topological polar surface area (TPSA) is 20.2 Å². The Balaban J connectivity index is 3.37. The summed E-state index contributed by atoms with van der Waals surface area (Å²) in [7, 11) is 0. The highest BCUT2D eigenvalue weighted by Crippen LogP contribution is 2.14. The van der Waals surface area contributed by atoms with Crippen LogP contribution in [0.1, 0.15) is 33.1 Å². The second kappa shape index (κ2) is 3.08. The molecule has 49 valence electrons. The highest BCUT2D eigenvalue weighted by molar-refractivity contribution is 4.69. The average molecular weight is 115 g/mol. The molecule has 1 atom stereocenters. The summed E-state index contributed by atoms with van der Waals surface area (Å²) >= 11 is 0. The van der Waals surface area contributed by atoms with E-state index in [1.807, 2.05) is 13.8 Å². The van der Waals surface area contributed by atoms with Gasteiger partial charge < -0.3 is 5.11 Å². The van der Waals surface area contributed by atoms with Crippen LogP contribution in [0.25, 0.3) is 0 Å². The highest BCUT2D eigenvalue weighted by atomic mass is 16.3. The Morgan fingerprint density at radius 1 is 1.62 bits per heavy atom. The van der Waals surface area contributed by atoms with E-state index >= 15 is 0 Å². The maximum atomic E-state index is 9.28. The van der Waals surface area contributed by atoms with Crippen LogP contribution >= 0.6 is 0 Å². The van der Waals surface area contributed by atoms with Crippen LogP contribution in [0, 0.1) is 6.92 Å². The van der Waals surface area contributed by atoms with Gasteiger partial charge in [0.2, 0.25) is 0 Å². The molecular formula is C7H15O. The van der Waals surface area contributed by atoms with Crippen molar-refractivity contribution >= 4 is 0 Å². The molecule has 0 saturated carbocycles. The Morgan fingerprint density at radius 2 is 2.12 bits per heavy atom. The van der Waals surface area contributed by atoms with Gasteiger partial charge in [-0.15, -0.1) is 0 Å². The van der Waals surface area contributed by atoms with E-state index in [2.05, 4.69) is 6.92 Å². The minimum absolute atomic E-state index is 0.470. The van der Waals surface area contributed by atoms with Crippen molar-refractivity contribution in [2.75, 3.05) is 0 Å². The molecule has 0 aliphatic rings. The van der Waals surface area contributed by atoms with E-state index < -0.39 is 5.60 Å². The van der Waals surface area contributed by atoms with E-state index in [-0.39, 0.29) is 0 Å². The molecule has 1 unspecified atom stereocenters. The first-order chi connectivity index (χ1) is 3.62. The van der Waals surface area contributed by atoms with E-state index in [1.54, 1.807) is 0 Å². The molecule has 0 aliphatic carbocycles. The van der Waals surface area contributed by atoms with Crippen molar-refractivity contribution in [1.82, 2.24) is 0 Å². The molecule has 0 bridgehead atoms. The van der Waals surface area contributed by atoms with Crippen molar-refractivity contribution in [3.05, 3.63) is 6.92 Å². The normalized spacial score (nSPS) is 18.0. The number of aliphatic hydroxyl groups is 1. The van der Waals surface area contributed by atoms with Crippen molar-refractivity contribution in [3.63, 3.8) is 0 Å². The van der Waals surface area contributed by atoms with Gasteiger partial charge in [-0.05, 0) is 19.8 Å². The molecule has 0 aromatic heterocycles. The van der Waals surface area contributed by atoms with Crippen molar-refractivity contribution in [1.29, 1.82) is 0 Å². The SMILES string of the molecule is [CH2]CCC(C)(O)CC. The molecule has 1 nitrogen and oxygen atoms in total. The fourth-order valence-electron chi connectivity index (χ4n) is 0.558. The van der Waals surface area contributed by atoms with Crippen molar-refractivity contribution in [2.45, 2.75) is 38.7 Å². The van der Waals surface area contributed by atoms with E-state index in [0.29, 0.717) is 0 Å². The molecule has 0 fully saturated rings. The number of rotatable bonds is 3. The molecule has 0 amide bonds. The molecule has 1 radical (unpaired) electrons. The summed E-state index contributed by atoms with van der Waals surface area (Å²) < 4.78 is 0. The molecule has 0 spiro atoms. The summed E-state index contributed by atoms with van der Waals surface area (Å²) in [4.78, 5) is 0. The Labute approximate surface area is 51.7 Å². The summed E-state index contributed by atoms with van der Waals surface area (Å²) in [6.07, 6.45) is 2.45. The molecule has 1 N–H and O–H groups in total. The van der Waals surface area contributed by atoms with Gasteiger partial charge in [0.15, 0.2) is 0 Å². The molecule has 0 heterocycles. The smallest absolute Gasteiger partial charge is 0.0617 e. The molecule has 0 aromatic rings. The van der Waals surface area contributed by atoms with E-state index in [9.17, 15) is 5.11 Å². The van der Waals surface area contributed by atoms with Gasteiger partial charge in [0.25, 0.3) is 0 Å². The number of hydrogen-bond acceptors (Lipinski definition) is 1. The molecule has 8 heavy (non-hydrogen) atoms. The van der Waals surface area contributed by atoms with Crippen LogP contribution in [-0.4, -0.2) is 10.7 Å². The van der Waals surface area contributed by atoms with Crippen LogP contribution in [0.15, 0.2) is 0 Å². The second-order valence-electron chi connectivity index (χ2n) is 2.45. The zero-order valence-corrected chi connectivity index (χ0v) is 5.78. The monoisotopic (exact) mass is 115 g/mol. The third-order valence-corrected chi connectivity index (χ3v) is 1.48. The Bertz CT molecular complexity index is 57.4. The lowest BCUT2D eigenvalue weighted by Gasteiger charge is -2.19. The van der Waals surface area contributed by atoms with Gasteiger partial charge in [-0.2, -0.15) is 0 Å². The third-order valence-electron chi connectivity index (χ3n) is 1.48. The lowest BCUT2D eigenvalue weighted by molar-refractivity contribution is 0.0479. The molecule has 0 rings (SSSR count). The first kappa shape index (κ1) is 7.96. The van der Waals surface area contributed by atoms with Crippen LogP contribution in [0.2, 0.25) is 0 Å². The zero-order valence-electron chi connectivity index (χ0n) is 5.78. The predicted octanol–water partition coefficient (Wildman–Crippen LogP) is 1.76. The lowest BCUT2D eigenvalue weighted by atomic mass is 9.98. The fraction of sp³-hybridized carbons (Fsp3) is 0.857. The standard InChI is InChI=1S/C7H15O/c1-4-6-7(3,8)5-2/h8H,1,4-6H2,2-3H3. The first-order valence-electron chi connectivity index (χ1n) is 3.14. The molecule has 1 heteroatoms. The van der Waals surface area contributed by atoms with Gasteiger partial charge in [-0.25, -0.2) is 0 Å². The molecule has 0 saturated heterocycles. The number of hydrogen-bond donors (Lipinski definition) is 1. The van der Waals surface area contributed by atoms with Gasteiger partial charge in [-0.3, -0.25) is 0 Å². The average Bonchev–Trinajstić information content (AvgIpc) is 1.67. The van der Waals surface area contributed by atoms with Gasteiger partial charge in [-0.1, -0.05) is 20.3 Å². The summed E-state index contributed by atoms with van der Waals surface area (Å²) in [5.41, 5.74) is -0.470. The van der Waals surface area contributed by atoms with Crippen molar-refractivity contribution in [3.8, 4) is 0 Å². The molecule has 0 aromatic carbocycles. The largest absolute Gasteiger partial charge is 0.390 e. The maximum absolute atomic E-state index is 9.28. The Morgan fingerprint density at radius 3 is 2.25 bits per heavy atom. The second-order valence-corrected chi connectivity index (χ2v) is 2.45. The quantitative estimate of drug-likeness (QED) is 0.594. The van der Waals surface area contributed by atoms with Crippen LogP contribution in [0.3, 0.4) is 0 Å². The van der Waals surface area contributed by atoms with E-state index in [4.69, 9.17) is 0 Å². The predicted molar refractivity (Wildman–Crippen MR) is 35.5 cm³/mol. The van der Waals surface area contributed by atoms with Crippen molar-refractivity contribution in [2.24, 2.45) is 0 Å². The van der Waals surface area contributed by atoms with Gasteiger partial charge >= 0.3 is 0 Å². The van der Waals surface area contributed by atoms with Gasteiger partial charge in [0.1, 0.15) is 0 Å². The molecular weight excluding hydrogens is 100 g/mol. The summed E-state index contributed by atoms with van der Waals surface area (Å²) in [5.74, 6) is 0. The first-order valence-corrected chi connectivity index (χ1v) is 3.14. The summed E-state index contributed by atoms with van der Waals surface area (Å²) in [6, 6.07) is 0. The van der Waals surface area contributed by atoms with Crippen LogP contribution in [0.4, 0.5) is 0 Å². The lowest BCUT2D eigenvalue weighted by Crippen LogP contribution is -2.21. The van der Waals surface area contributed by atoms with Crippen molar-refractivity contribution < 1.29 is 5.11 Å².